The first-order valence-corrected chi connectivity index (χ1v) is 10.0. The van der Waals surface area contributed by atoms with Crippen molar-refractivity contribution >= 4 is 23.4 Å². The number of amides is 3. The van der Waals surface area contributed by atoms with E-state index in [0.29, 0.717) is 18.7 Å². The Labute approximate surface area is 175 Å². The maximum Gasteiger partial charge on any atom is 0.312 e. The van der Waals surface area contributed by atoms with Crippen LogP contribution in [0.5, 0.6) is 0 Å². The van der Waals surface area contributed by atoms with Crippen molar-refractivity contribution in [3.63, 3.8) is 0 Å². The number of hydrogen-bond acceptors (Lipinski definition) is 3. The summed E-state index contributed by atoms with van der Waals surface area (Å²) in [7, 11) is 0. The molecule has 1 N–H and O–H groups in total. The first kappa shape index (κ1) is 21.5. The third-order valence-electron chi connectivity index (χ3n) is 5.18. The predicted molar refractivity (Wildman–Crippen MR) is 112 cm³/mol. The van der Waals surface area contributed by atoms with E-state index < -0.39 is 17.9 Å². The number of carbonyl (C=O) groups is 3. The molecule has 1 unspecified atom stereocenters. The maximum absolute atomic E-state index is 13.1. The lowest BCUT2D eigenvalue weighted by Crippen LogP contribution is -2.59. The molecule has 1 aliphatic rings. The van der Waals surface area contributed by atoms with E-state index in [-0.39, 0.29) is 24.8 Å². The minimum Gasteiger partial charge on any atom is -0.328 e. The molecule has 1 aliphatic heterocycles. The average Bonchev–Trinajstić information content (AvgIpc) is 2.68. The lowest BCUT2D eigenvalue weighted by atomic mass is 10.1. The zero-order valence-electron chi connectivity index (χ0n) is 17.4. The number of rotatable bonds is 6. The highest BCUT2D eigenvalue weighted by atomic mass is 19.1. The minimum absolute atomic E-state index is 0.226. The Morgan fingerprint density at radius 1 is 1.03 bits per heavy atom. The third-order valence-corrected chi connectivity index (χ3v) is 5.18. The molecule has 2 aromatic carbocycles. The quantitative estimate of drug-likeness (QED) is 0.743. The lowest BCUT2D eigenvalue weighted by Gasteiger charge is -2.37. The van der Waals surface area contributed by atoms with E-state index in [1.807, 2.05) is 39.0 Å². The van der Waals surface area contributed by atoms with Gasteiger partial charge in [0.2, 0.25) is 5.91 Å². The fourth-order valence-electron chi connectivity index (χ4n) is 3.77. The van der Waals surface area contributed by atoms with Crippen molar-refractivity contribution in [3.05, 3.63) is 65.0 Å². The number of carbonyl (C=O) groups excluding carboxylic acids is 3. The Hall–Kier alpha value is -3.22. The largest absolute Gasteiger partial charge is 0.328 e. The van der Waals surface area contributed by atoms with Crippen LogP contribution >= 0.6 is 0 Å². The van der Waals surface area contributed by atoms with Gasteiger partial charge >= 0.3 is 11.8 Å². The summed E-state index contributed by atoms with van der Waals surface area (Å²) in [5, 5.41) is 2.87. The van der Waals surface area contributed by atoms with Gasteiger partial charge in [0.05, 0.1) is 0 Å². The van der Waals surface area contributed by atoms with Gasteiger partial charge in [-0.3, -0.25) is 14.4 Å². The molecule has 30 heavy (non-hydrogen) atoms. The van der Waals surface area contributed by atoms with Crippen LogP contribution in [0.15, 0.2) is 42.5 Å². The minimum atomic E-state index is -0.727. The van der Waals surface area contributed by atoms with Crippen molar-refractivity contribution in [2.24, 2.45) is 0 Å². The zero-order chi connectivity index (χ0) is 21.8. The number of hydrogen-bond donors (Lipinski definition) is 1. The Balaban J connectivity index is 1.68. The van der Waals surface area contributed by atoms with Crippen molar-refractivity contribution in [2.75, 3.05) is 18.4 Å². The van der Waals surface area contributed by atoms with E-state index in [2.05, 4.69) is 5.32 Å². The summed E-state index contributed by atoms with van der Waals surface area (Å²) in [4.78, 5) is 41.0. The van der Waals surface area contributed by atoms with Gasteiger partial charge in [-0.2, -0.15) is 0 Å². The first-order chi connectivity index (χ1) is 14.3. The molecule has 1 saturated heterocycles. The van der Waals surface area contributed by atoms with Crippen LogP contribution in [0.3, 0.4) is 0 Å². The second kappa shape index (κ2) is 9.07. The van der Waals surface area contributed by atoms with Gasteiger partial charge in [-0.15, -0.1) is 0 Å². The molecule has 6 nitrogen and oxygen atoms in total. The number of nitrogens with zero attached hydrogens (tertiary/aromatic N) is 2. The van der Waals surface area contributed by atoms with Crippen LogP contribution in [0.25, 0.3) is 0 Å². The summed E-state index contributed by atoms with van der Waals surface area (Å²) in [5.41, 5.74) is 3.47. The molecule has 158 valence electrons. The number of benzene rings is 2. The van der Waals surface area contributed by atoms with Crippen molar-refractivity contribution in [3.8, 4) is 0 Å². The Kier molecular flexibility index (Phi) is 6.50. The molecular formula is C23H26FN3O3. The molecule has 0 saturated carbocycles. The lowest BCUT2D eigenvalue weighted by molar-refractivity contribution is -0.159. The van der Waals surface area contributed by atoms with Gasteiger partial charge in [0.1, 0.15) is 11.9 Å². The number of nitrogens with one attached hydrogen (secondary N) is 1. The van der Waals surface area contributed by atoms with Crippen LogP contribution < -0.4 is 5.32 Å². The van der Waals surface area contributed by atoms with Crippen molar-refractivity contribution < 1.29 is 18.8 Å². The molecule has 0 aromatic heterocycles. The van der Waals surface area contributed by atoms with E-state index in [1.165, 1.54) is 21.9 Å². The van der Waals surface area contributed by atoms with E-state index in [0.717, 1.165) is 16.7 Å². The van der Waals surface area contributed by atoms with Crippen molar-refractivity contribution in [1.29, 1.82) is 0 Å². The fourth-order valence-corrected chi connectivity index (χ4v) is 3.77. The molecule has 1 fully saturated rings. The highest BCUT2D eigenvalue weighted by Crippen LogP contribution is 2.18. The Morgan fingerprint density at radius 3 is 2.27 bits per heavy atom. The van der Waals surface area contributed by atoms with Crippen LogP contribution in [0.1, 0.15) is 30.0 Å². The van der Waals surface area contributed by atoms with Crippen LogP contribution in [0, 0.1) is 19.7 Å². The Morgan fingerprint density at radius 2 is 1.67 bits per heavy atom. The molecule has 3 rings (SSSR count). The summed E-state index contributed by atoms with van der Waals surface area (Å²) >= 11 is 0. The number of aryl methyl sites for hydroxylation is 2. The smallest absolute Gasteiger partial charge is 0.312 e. The molecule has 7 heteroatoms. The van der Waals surface area contributed by atoms with Gasteiger partial charge in [-0.25, -0.2) is 4.39 Å². The van der Waals surface area contributed by atoms with E-state index in [9.17, 15) is 18.8 Å². The highest BCUT2D eigenvalue weighted by Gasteiger charge is 2.38. The summed E-state index contributed by atoms with van der Waals surface area (Å²) in [5.74, 6) is -2.00. The molecule has 0 bridgehead atoms. The second-order valence-corrected chi connectivity index (χ2v) is 7.64. The predicted octanol–water partition coefficient (Wildman–Crippen LogP) is 3.03. The number of piperazine rings is 1. The molecule has 0 radical (unpaired) electrons. The summed E-state index contributed by atoms with van der Waals surface area (Å²) in [6.45, 7) is 6.52. The normalized spacial score (nSPS) is 15.3. The molecule has 0 spiro atoms. The van der Waals surface area contributed by atoms with Gasteiger partial charge in [-0.1, -0.05) is 25.1 Å². The van der Waals surface area contributed by atoms with Gasteiger partial charge in [0.25, 0.3) is 0 Å². The SMILES string of the molecule is CCC(C(=O)Nc1cc(C)cc(C)c1)N1CCN(Cc2ccc(F)cc2)C(=O)C1=O. The molecule has 3 amide bonds. The summed E-state index contributed by atoms with van der Waals surface area (Å²) in [6, 6.07) is 10.8. The van der Waals surface area contributed by atoms with Gasteiger partial charge in [-0.05, 0) is 61.2 Å². The van der Waals surface area contributed by atoms with Crippen LogP contribution in [0.4, 0.5) is 10.1 Å². The monoisotopic (exact) mass is 411 g/mol. The van der Waals surface area contributed by atoms with Crippen molar-refractivity contribution in [2.45, 2.75) is 39.8 Å². The second-order valence-electron chi connectivity index (χ2n) is 7.64. The van der Waals surface area contributed by atoms with E-state index in [4.69, 9.17) is 0 Å². The number of halogens is 1. The zero-order valence-corrected chi connectivity index (χ0v) is 17.4. The van der Waals surface area contributed by atoms with Crippen LogP contribution in [-0.4, -0.2) is 46.7 Å². The average molecular weight is 411 g/mol. The van der Waals surface area contributed by atoms with Gasteiger partial charge < -0.3 is 15.1 Å². The van der Waals surface area contributed by atoms with Crippen molar-refractivity contribution in [1.82, 2.24) is 9.80 Å². The molecule has 1 atom stereocenters. The van der Waals surface area contributed by atoms with Crippen LogP contribution in [0.2, 0.25) is 0 Å². The number of anilines is 1. The van der Waals surface area contributed by atoms with E-state index in [1.54, 1.807) is 12.1 Å². The molecular weight excluding hydrogens is 385 g/mol. The van der Waals surface area contributed by atoms with Gasteiger partial charge in [0.15, 0.2) is 0 Å². The highest BCUT2D eigenvalue weighted by molar-refractivity contribution is 6.35. The molecule has 1 heterocycles. The molecule has 2 aromatic rings. The topological polar surface area (TPSA) is 69.7 Å². The summed E-state index contributed by atoms with van der Waals surface area (Å²) in [6.07, 6.45) is 0.396. The maximum atomic E-state index is 13.1. The summed E-state index contributed by atoms with van der Waals surface area (Å²) < 4.78 is 13.1. The molecule has 0 aliphatic carbocycles. The van der Waals surface area contributed by atoms with Crippen LogP contribution in [-0.2, 0) is 20.9 Å². The standard InChI is InChI=1S/C23H26FN3O3/c1-4-20(21(28)25-19-12-15(2)11-16(3)13-19)27-10-9-26(22(29)23(27)30)14-17-5-7-18(24)8-6-17/h5-8,11-13,20H,4,9-10,14H2,1-3H3,(H,25,28). The third kappa shape index (κ3) is 4.84. The first-order valence-electron chi connectivity index (χ1n) is 10.0. The van der Waals surface area contributed by atoms with E-state index >= 15 is 0 Å². The fraction of sp³-hybridized carbons (Fsp3) is 0.348. The van der Waals surface area contributed by atoms with Gasteiger partial charge in [0, 0.05) is 25.3 Å². The Bertz CT molecular complexity index is 938.